The van der Waals surface area contributed by atoms with Crippen LogP contribution >= 0.6 is 0 Å². The summed E-state index contributed by atoms with van der Waals surface area (Å²) in [7, 11) is 1.34. The average molecular weight is 187 g/mol. The lowest BCUT2D eigenvalue weighted by molar-refractivity contribution is -0.138. The highest BCUT2D eigenvalue weighted by molar-refractivity contribution is 6.38. The van der Waals surface area contributed by atoms with Crippen molar-refractivity contribution >= 4 is 17.6 Å². The van der Waals surface area contributed by atoms with Gasteiger partial charge in [0.1, 0.15) is 0 Å². The first-order valence-electron chi connectivity index (χ1n) is 3.75. The van der Waals surface area contributed by atoms with E-state index in [1.807, 2.05) is 0 Å². The Morgan fingerprint density at radius 3 is 2.31 bits per heavy atom. The van der Waals surface area contributed by atoms with Crippen LogP contribution in [-0.2, 0) is 14.4 Å². The first-order valence-corrected chi connectivity index (χ1v) is 3.75. The molecule has 4 N–H and O–H groups in total. The van der Waals surface area contributed by atoms with Gasteiger partial charge < -0.3 is 16.4 Å². The van der Waals surface area contributed by atoms with Gasteiger partial charge in [0.25, 0.3) is 5.91 Å². The van der Waals surface area contributed by atoms with Gasteiger partial charge in [0.15, 0.2) is 0 Å². The van der Waals surface area contributed by atoms with Gasteiger partial charge in [-0.25, -0.2) is 0 Å². The Labute approximate surface area is 75.9 Å². The van der Waals surface area contributed by atoms with E-state index in [1.165, 1.54) is 14.0 Å². The summed E-state index contributed by atoms with van der Waals surface area (Å²) in [4.78, 5) is 32.2. The van der Waals surface area contributed by atoms with Crippen LogP contribution in [0.2, 0.25) is 0 Å². The maximum absolute atomic E-state index is 11.0. The molecule has 0 aliphatic carbocycles. The van der Waals surface area contributed by atoms with Crippen LogP contribution in [0.5, 0.6) is 0 Å². The van der Waals surface area contributed by atoms with E-state index in [1.54, 1.807) is 0 Å². The molecule has 0 heterocycles. The van der Waals surface area contributed by atoms with E-state index in [0.29, 0.717) is 0 Å². The Hall–Kier alpha value is -1.43. The molecule has 6 nitrogen and oxygen atoms in total. The third-order valence-electron chi connectivity index (χ3n) is 1.36. The minimum atomic E-state index is -0.983. The molecular weight excluding hydrogens is 174 g/mol. The Morgan fingerprint density at radius 1 is 1.38 bits per heavy atom. The van der Waals surface area contributed by atoms with Crippen molar-refractivity contribution < 1.29 is 14.4 Å². The zero-order valence-electron chi connectivity index (χ0n) is 7.59. The Morgan fingerprint density at radius 2 is 1.92 bits per heavy atom. The van der Waals surface area contributed by atoms with Gasteiger partial charge in [-0.2, -0.15) is 0 Å². The van der Waals surface area contributed by atoms with Gasteiger partial charge in [-0.05, 0) is 0 Å². The highest BCUT2D eigenvalue weighted by Gasteiger charge is 2.20. The third-order valence-corrected chi connectivity index (χ3v) is 1.36. The highest BCUT2D eigenvalue weighted by atomic mass is 16.2. The predicted octanol–water partition coefficient (Wildman–Crippen LogP) is -2.24. The van der Waals surface area contributed by atoms with Crippen LogP contribution in [0.15, 0.2) is 0 Å². The van der Waals surface area contributed by atoms with Crippen LogP contribution in [0.4, 0.5) is 0 Å². The number of carbonyl (C=O) groups is 3. The molecule has 1 atom stereocenters. The first-order chi connectivity index (χ1) is 5.99. The number of amides is 2. The van der Waals surface area contributed by atoms with E-state index in [4.69, 9.17) is 5.73 Å². The van der Waals surface area contributed by atoms with E-state index in [-0.39, 0.29) is 12.5 Å². The van der Waals surface area contributed by atoms with Gasteiger partial charge in [0.05, 0.1) is 6.04 Å². The van der Waals surface area contributed by atoms with E-state index < -0.39 is 17.7 Å². The van der Waals surface area contributed by atoms with Crippen LogP contribution in [-0.4, -0.2) is 37.2 Å². The van der Waals surface area contributed by atoms with Crippen molar-refractivity contribution in [2.24, 2.45) is 5.73 Å². The second kappa shape index (κ2) is 5.26. The molecule has 13 heavy (non-hydrogen) atoms. The quantitative estimate of drug-likeness (QED) is 0.433. The van der Waals surface area contributed by atoms with Crippen molar-refractivity contribution in [2.45, 2.75) is 13.0 Å². The van der Waals surface area contributed by atoms with Crippen LogP contribution in [0.1, 0.15) is 6.92 Å². The molecule has 0 aromatic heterocycles. The van der Waals surface area contributed by atoms with Crippen molar-refractivity contribution in [2.75, 3.05) is 13.6 Å². The fourth-order valence-corrected chi connectivity index (χ4v) is 0.638. The number of nitrogens with one attached hydrogen (secondary N) is 2. The number of hydrogen-bond donors (Lipinski definition) is 3. The first kappa shape index (κ1) is 11.6. The standard InChI is InChI=1S/C7H13N3O3/c1-4(11)10-3-5(8)6(12)7(13)9-2/h5H,3,8H2,1-2H3,(H,9,13)(H,10,11). The van der Waals surface area contributed by atoms with Crippen LogP contribution in [0.3, 0.4) is 0 Å². The van der Waals surface area contributed by atoms with Crippen molar-refractivity contribution in [1.82, 2.24) is 10.6 Å². The molecule has 74 valence electrons. The lowest BCUT2D eigenvalue weighted by atomic mass is 10.2. The average Bonchev–Trinajstić information content (AvgIpc) is 2.11. The largest absolute Gasteiger partial charge is 0.354 e. The monoisotopic (exact) mass is 187 g/mol. The van der Waals surface area contributed by atoms with Gasteiger partial charge >= 0.3 is 0 Å². The fraction of sp³-hybridized carbons (Fsp3) is 0.571. The Bertz CT molecular complexity index is 227. The van der Waals surface area contributed by atoms with Crippen molar-refractivity contribution in [3.63, 3.8) is 0 Å². The highest BCUT2D eigenvalue weighted by Crippen LogP contribution is 1.81. The lowest BCUT2D eigenvalue weighted by Gasteiger charge is -2.08. The molecule has 0 rings (SSSR count). The summed E-state index contributed by atoms with van der Waals surface area (Å²) in [6.07, 6.45) is 0. The number of hydrogen-bond acceptors (Lipinski definition) is 4. The van der Waals surface area contributed by atoms with Crippen molar-refractivity contribution in [3.8, 4) is 0 Å². The second-order valence-electron chi connectivity index (χ2n) is 2.49. The summed E-state index contributed by atoms with van der Waals surface area (Å²) in [5, 5.41) is 4.49. The molecular formula is C7H13N3O3. The minimum absolute atomic E-state index is 0.0262. The smallest absolute Gasteiger partial charge is 0.288 e. The number of ketones is 1. The molecule has 1 unspecified atom stereocenters. The predicted molar refractivity (Wildman–Crippen MR) is 45.7 cm³/mol. The van der Waals surface area contributed by atoms with Crippen LogP contribution in [0, 0.1) is 0 Å². The summed E-state index contributed by atoms with van der Waals surface area (Å²) in [6, 6.07) is -0.983. The van der Waals surface area contributed by atoms with Crippen LogP contribution < -0.4 is 16.4 Å². The Kier molecular flexibility index (Phi) is 4.68. The van der Waals surface area contributed by atoms with E-state index in [2.05, 4.69) is 10.6 Å². The maximum atomic E-state index is 11.0. The van der Waals surface area contributed by atoms with Crippen molar-refractivity contribution in [1.29, 1.82) is 0 Å². The van der Waals surface area contributed by atoms with Gasteiger partial charge in [-0.1, -0.05) is 0 Å². The second-order valence-corrected chi connectivity index (χ2v) is 2.49. The number of Topliss-reactive ketones (excluding diaryl/α,β-unsaturated/α-hetero) is 1. The summed E-state index contributed by atoms with van der Waals surface area (Å²) in [6.45, 7) is 1.28. The normalized spacial score (nSPS) is 11.6. The topological polar surface area (TPSA) is 101 Å². The molecule has 0 radical (unpaired) electrons. The third kappa shape index (κ3) is 4.22. The molecule has 0 saturated carbocycles. The van der Waals surface area contributed by atoms with Gasteiger partial charge in [0.2, 0.25) is 11.7 Å². The summed E-state index contributed by atoms with van der Waals surface area (Å²) >= 11 is 0. The van der Waals surface area contributed by atoms with E-state index in [0.717, 1.165) is 0 Å². The SMILES string of the molecule is CNC(=O)C(=O)C(N)CNC(C)=O. The summed E-state index contributed by atoms with van der Waals surface area (Å²) in [5.41, 5.74) is 5.32. The fourth-order valence-electron chi connectivity index (χ4n) is 0.638. The molecule has 0 aromatic rings. The molecule has 0 bridgehead atoms. The summed E-state index contributed by atoms with van der Waals surface area (Å²) in [5.74, 6) is -1.78. The zero-order valence-corrected chi connectivity index (χ0v) is 7.59. The molecule has 0 spiro atoms. The zero-order chi connectivity index (χ0) is 10.4. The number of rotatable bonds is 4. The Balaban J connectivity index is 3.96. The van der Waals surface area contributed by atoms with Gasteiger partial charge in [0, 0.05) is 20.5 Å². The molecule has 0 aliphatic heterocycles. The van der Waals surface area contributed by atoms with Gasteiger partial charge in [-0.3, -0.25) is 14.4 Å². The number of nitrogens with two attached hydrogens (primary N) is 1. The molecule has 0 aromatic carbocycles. The summed E-state index contributed by atoms with van der Waals surface area (Å²) < 4.78 is 0. The molecule has 0 saturated heterocycles. The molecule has 6 heteroatoms. The van der Waals surface area contributed by atoms with E-state index in [9.17, 15) is 14.4 Å². The van der Waals surface area contributed by atoms with Crippen molar-refractivity contribution in [3.05, 3.63) is 0 Å². The molecule has 0 aliphatic rings. The number of carbonyl (C=O) groups excluding carboxylic acids is 3. The van der Waals surface area contributed by atoms with E-state index >= 15 is 0 Å². The molecule has 2 amide bonds. The molecule has 0 fully saturated rings. The van der Waals surface area contributed by atoms with Crippen LogP contribution in [0.25, 0.3) is 0 Å². The minimum Gasteiger partial charge on any atom is -0.354 e. The maximum Gasteiger partial charge on any atom is 0.288 e. The van der Waals surface area contributed by atoms with Gasteiger partial charge in [-0.15, -0.1) is 0 Å². The lowest BCUT2D eigenvalue weighted by Crippen LogP contribution is -2.47. The number of likely N-dealkylation sites (N-methyl/N-ethyl adjacent to an activating group) is 1.